The fourth-order valence-electron chi connectivity index (χ4n) is 9.56. The molecule has 0 bridgehead atoms. The molecule has 204 valence electrons. The van der Waals surface area contributed by atoms with Crippen LogP contribution < -0.4 is 0 Å². The molecule has 0 amide bonds. The van der Waals surface area contributed by atoms with Crippen molar-refractivity contribution in [2.75, 3.05) is 7.11 Å². The van der Waals surface area contributed by atoms with Gasteiger partial charge in [0, 0.05) is 19.8 Å². The fraction of sp³-hybridized carbons (Fsp3) is 0.897. The molecule has 11 atom stereocenters. The van der Waals surface area contributed by atoms with E-state index in [-0.39, 0.29) is 40.9 Å². The van der Waals surface area contributed by atoms with Gasteiger partial charge in [-0.3, -0.25) is 9.59 Å². The summed E-state index contributed by atoms with van der Waals surface area (Å²) in [6, 6.07) is 0. The maximum absolute atomic E-state index is 12.2. The van der Waals surface area contributed by atoms with Gasteiger partial charge < -0.3 is 19.3 Å². The Kier molecular flexibility index (Phi) is 7.81. The van der Waals surface area contributed by atoms with E-state index in [1.54, 1.807) is 0 Å². The summed E-state index contributed by atoms with van der Waals surface area (Å²) in [5.41, 5.74) is 0.247. The molecule has 1 N–H and O–H groups in total. The molecule has 0 aromatic heterocycles. The topological polar surface area (TPSA) is 99.1 Å². The van der Waals surface area contributed by atoms with Crippen LogP contribution in [-0.4, -0.2) is 48.4 Å². The predicted octanol–water partition coefficient (Wildman–Crippen LogP) is 4.68. The molecule has 0 aromatic carbocycles. The molecule has 0 aromatic rings. The van der Waals surface area contributed by atoms with E-state index in [0.29, 0.717) is 36.0 Å². The standard InChI is InChI=1S/C29H46O7/c1-16(13-24(32)27(33)34-6)21-7-8-22-26-23(10-12-29(21,22)5)28(4)11-9-20(35-17(2)30)14-19(28)15-25(26)36-18(3)31/h16,19-26,32H,7-15H2,1-6H3/t16-,19?,20-,21-,22+,23+,24?,25-,26+,28+,29-/m1/s1. The van der Waals surface area contributed by atoms with E-state index in [2.05, 4.69) is 20.8 Å². The zero-order chi connectivity index (χ0) is 26.4. The maximum atomic E-state index is 12.2. The summed E-state index contributed by atoms with van der Waals surface area (Å²) < 4.78 is 16.5. The lowest BCUT2D eigenvalue weighted by Crippen LogP contribution is -2.59. The number of esters is 3. The number of ether oxygens (including phenoxy) is 3. The van der Waals surface area contributed by atoms with Crippen LogP contribution in [0.4, 0.5) is 0 Å². The van der Waals surface area contributed by atoms with Crippen molar-refractivity contribution >= 4 is 17.9 Å². The van der Waals surface area contributed by atoms with Crippen LogP contribution >= 0.6 is 0 Å². The van der Waals surface area contributed by atoms with Crippen LogP contribution in [0.15, 0.2) is 0 Å². The average molecular weight is 507 g/mol. The number of fused-ring (bicyclic) bond motifs is 5. The minimum atomic E-state index is -1.08. The highest BCUT2D eigenvalue weighted by Crippen LogP contribution is 2.68. The molecule has 0 saturated heterocycles. The van der Waals surface area contributed by atoms with Crippen molar-refractivity contribution in [3.63, 3.8) is 0 Å². The molecular weight excluding hydrogens is 460 g/mol. The van der Waals surface area contributed by atoms with Crippen molar-refractivity contribution in [3.8, 4) is 0 Å². The van der Waals surface area contributed by atoms with Gasteiger partial charge in [0.05, 0.1) is 7.11 Å². The second-order valence-corrected chi connectivity index (χ2v) is 12.9. The monoisotopic (exact) mass is 506 g/mol. The zero-order valence-electron chi connectivity index (χ0n) is 23.0. The van der Waals surface area contributed by atoms with Gasteiger partial charge in [-0.25, -0.2) is 4.79 Å². The summed E-state index contributed by atoms with van der Waals surface area (Å²) in [4.78, 5) is 35.7. The van der Waals surface area contributed by atoms with Gasteiger partial charge in [-0.05, 0) is 98.2 Å². The fourth-order valence-corrected chi connectivity index (χ4v) is 9.56. The third-order valence-electron chi connectivity index (χ3n) is 11.1. The first-order chi connectivity index (χ1) is 16.9. The van der Waals surface area contributed by atoms with Crippen molar-refractivity contribution < 1.29 is 33.7 Å². The van der Waals surface area contributed by atoms with E-state index in [0.717, 1.165) is 51.4 Å². The number of carbonyl (C=O) groups excluding carboxylic acids is 3. The Morgan fingerprint density at radius 1 is 0.917 bits per heavy atom. The zero-order valence-corrected chi connectivity index (χ0v) is 23.0. The predicted molar refractivity (Wildman–Crippen MR) is 134 cm³/mol. The number of hydrogen-bond donors (Lipinski definition) is 1. The van der Waals surface area contributed by atoms with Gasteiger partial charge in [-0.2, -0.15) is 0 Å². The number of hydrogen-bond acceptors (Lipinski definition) is 7. The van der Waals surface area contributed by atoms with E-state index in [9.17, 15) is 19.5 Å². The lowest BCUT2D eigenvalue weighted by Gasteiger charge is -2.62. The molecule has 0 heterocycles. The Bertz CT molecular complexity index is 857. The summed E-state index contributed by atoms with van der Waals surface area (Å²) in [6.07, 6.45) is 7.19. The molecule has 4 aliphatic rings. The summed E-state index contributed by atoms with van der Waals surface area (Å²) in [5, 5.41) is 10.3. The molecule has 36 heavy (non-hydrogen) atoms. The first-order valence-corrected chi connectivity index (χ1v) is 14.0. The van der Waals surface area contributed by atoms with E-state index in [1.807, 2.05) is 0 Å². The van der Waals surface area contributed by atoms with Gasteiger partial charge in [0.25, 0.3) is 0 Å². The molecular formula is C29H46O7. The van der Waals surface area contributed by atoms with Crippen LogP contribution in [-0.2, 0) is 28.6 Å². The number of methoxy groups -OCH3 is 1. The average Bonchev–Trinajstić information content (AvgIpc) is 3.15. The van der Waals surface area contributed by atoms with Gasteiger partial charge in [0.15, 0.2) is 6.10 Å². The second kappa shape index (κ2) is 10.3. The molecule has 0 radical (unpaired) electrons. The first-order valence-electron chi connectivity index (χ1n) is 14.0. The van der Waals surface area contributed by atoms with E-state index < -0.39 is 12.1 Å². The lowest BCUT2D eigenvalue weighted by molar-refractivity contribution is -0.197. The first kappa shape index (κ1) is 27.4. The highest BCUT2D eigenvalue weighted by molar-refractivity contribution is 5.74. The van der Waals surface area contributed by atoms with Crippen LogP contribution in [0, 0.1) is 46.3 Å². The summed E-state index contributed by atoms with van der Waals surface area (Å²) in [6.45, 7) is 10.0. The highest BCUT2D eigenvalue weighted by Gasteiger charge is 2.64. The van der Waals surface area contributed by atoms with Gasteiger partial charge in [-0.15, -0.1) is 0 Å². The van der Waals surface area contributed by atoms with E-state index >= 15 is 0 Å². The van der Waals surface area contributed by atoms with Crippen molar-refractivity contribution in [1.29, 1.82) is 0 Å². The van der Waals surface area contributed by atoms with Crippen LogP contribution in [0.25, 0.3) is 0 Å². The molecule has 0 spiro atoms. The maximum Gasteiger partial charge on any atom is 0.334 e. The third kappa shape index (κ3) is 4.81. The molecule has 7 heteroatoms. The van der Waals surface area contributed by atoms with Crippen LogP contribution in [0.5, 0.6) is 0 Å². The Morgan fingerprint density at radius 2 is 1.56 bits per heavy atom. The number of rotatable bonds is 6. The largest absolute Gasteiger partial charge is 0.467 e. The smallest absolute Gasteiger partial charge is 0.334 e. The Balaban J connectivity index is 1.58. The van der Waals surface area contributed by atoms with Gasteiger partial charge in [-0.1, -0.05) is 20.8 Å². The van der Waals surface area contributed by atoms with Crippen molar-refractivity contribution in [2.24, 2.45) is 46.3 Å². The van der Waals surface area contributed by atoms with E-state index in [4.69, 9.17) is 14.2 Å². The van der Waals surface area contributed by atoms with Gasteiger partial charge >= 0.3 is 17.9 Å². The third-order valence-corrected chi connectivity index (χ3v) is 11.1. The number of aliphatic hydroxyl groups excluding tert-OH is 1. The minimum Gasteiger partial charge on any atom is -0.467 e. The van der Waals surface area contributed by atoms with Crippen LogP contribution in [0.1, 0.15) is 92.4 Å². The minimum absolute atomic E-state index is 0.0399. The Morgan fingerprint density at radius 3 is 2.19 bits per heavy atom. The van der Waals surface area contributed by atoms with Crippen molar-refractivity contribution in [1.82, 2.24) is 0 Å². The molecule has 4 saturated carbocycles. The van der Waals surface area contributed by atoms with Gasteiger partial charge in [0.2, 0.25) is 0 Å². The highest BCUT2D eigenvalue weighted by atomic mass is 16.5. The molecule has 4 rings (SSSR count). The second-order valence-electron chi connectivity index (χ2n) is 12.9. The molecule has 4 fully saturated rings. The molecule has 4 aliphatic carbocycles. The number of aliphatic hydroxyl groups is 1. The lowest BCUT2D eigenvalue weighted by atomic mass is 9.43. The summed E-state index contributed by atoms with van der Waals surface area (Å²) >= 11 is 0. The normalized spacial score (nSPS) is 43.2. The van der Waals surface area contributed by atoms with Crippen LogP contribution in [0.3, 0.4) is 0 Å². The number of carbonyl (C=O) groups is 3. The molecule has 2 unspecified atom stereocenters. The van der Waals surface area contributed by atoms with Crippen molar-refractivity contribution in [3.05, 3.63) is 0 Å². The van der Waals surface area contributed by atoms with Crippen molar-refractivity contribution in [2.45, 2.75) is 111 Å². The Labute approximate surface area is 216 Å². The van der Waals surface area contributed by atoms with Gasteiger partial charge in [0.1, 0.15) is 12.2 Å². The van der Waals surface area contributed by atoms with E-state index in [1.165, 1.54) is 21.0 Å². The summed E-state index contributed by atoms with van der Waals surface area (Å²) in [7, 11) is 1.32. The quantitative estimate of drug-likeness (QED) is 0.412. The van der Waals surface area contributed by atoms with Crippen LogP contribution in [0.2, 0.25) is 0 Å². The summed E-state index contributed by atoms with van der Waals surface area (Å²) in [5.74, 6) is 1.24. The molecule has 0 aliphatic heterocycles. The SMILES string of the molecule is COC(=O)C(O)C[C@@H](C)[C@H]1CC[C@H]2[C@@H]3[C@H](OC(C)=O)CC4C[C@H](OC(C)=O)CC[C@]4(C)[C@H]3CC[C@]12C. The Hall–Kier alpha value is -1.63. The molecule has 7 nitrogen and oxygen atoms in total.